The highest BCUT2D eigenvalue weighted by molar-refractivity contribution is 5.83. The Labute approximate surface area is 151 Å². The summed E-state index contributed by atoms with van der Waals surface area (Å²) in [5.74, 6) is 1.75. The van der Waals surface area contributed by atoms with E-state index in [1.807, 2.05) is 24.3 Å². The largest absolute Gasteiger partial charge is 0.481 e. The van der Waals surface area contributed by atoms with Crippen molar-refractivity contribution in [3.05, 3.63) is 54.9 Å². The van der Waals surface area contributed by atoms with Crippen LogP contribution in [-0.4, -0.2) is 28.5 Å². The van der Waals surface area contributed by atoms with Crippen LogP contribution in [0.5, 0.6) is 17.4 Å². The molecule has 6 nitrogen and oxygen atoms in total. The Morgan fingerprint density at radius 3 is 2.65 bits per heavy atom. The van der Waals surface area contributed by atoms with Crippen LogP contribution >= 0.6 is 0 Å². The van der Waals surface area contributed by atoms with Crippen LogP contribution < -0.4 is 14.8 Å². The van der Waals surface area contributed by atoms with Gasteiger partial charge in [0.2, 0.25) is 5.88 Å². The third kappa shape index (κ3) is 3.59. The summed E-state index contributed by atoms with van der Waals surface area (Å²) in [5, 5.41) is 3.73. The van der Waals surface area contributed by atoms with E-state index in [9.17, 15) is 4.79 Å². The number of ether oxygens (including phenoxy) is 2. The van der Waals surface area contributed by atoms with E-state index in [-0.39, 0.29) is 5.91 Å². The lowest BCUT2D eigenvalue weighted by atomic mass is 10.2. The molecule has 1 atom stereocenters. The predicted octanol–water partition coefficient (Wildman–Crippen LogP) is 3.47. The Kier molecular flexibility index (Phi) is 4.64. The zero-order valence-electron chi connectivity index (χ0n) is 14.2. The Bertz CT molecular complexity index is 906. The molecule has 0 aliphatic carbocycles. The van der Waals surface area contributed by atoms with Crippen LogP contribution in [0.25, 0.3) is 10.9 Å². The fraction of sp³-hybridized carbons (Fsp3) is 0.250. The van der Waals surface area contributed by atoms with E-state index >= 15 is 0 Å². The summed E-state index contributed by atoms with van der Waals surface area (Å²) in [7, 11) is 0. The minimum absolute atomic E-state index is 0.0460. The van der Waals surface area contributed by atoms with Gasteiger partial charge in [0.25, 0.3) is 5.91 Å². The first kappa shape index (κ1) is 16.3. The molecule has 1 aliphatic heterocycles. The summed E-state index contributed by atoms with van der Waals surface area (Å²) in [6.07, 6.45) is 3.75. The van der Waals surface area contributed by atoms with E-state index in [0.717, 1.165) is 36.7 Å². The van der Waals surface area contributed by atoms with Gasteiger partial charge in [-0.2, -0.15) is 0 Å². The molecule has 1 aromatic heterocycles. The second-order valence-electron chi connectivity index (χ2n) is 6.16. The summed E-state index contributed by atoms with van der Waals surface area (Å²) >= 11 is 0. The normalized spacial score (nSPS) is 17.4. The summed E-state index contributed by atoms with van der Waals surface area (Å²) in [6, 6.07) is 14.9. The number of hydrogen-bond donors (Lipinski definition) is 1. The molecule has 1 aliphatic rings. The van der Waals surface area contributed by atoms with Crippen LogP contribution in [0.1, 0.15) is 19.3 Å². The zero-order valence-corrected chi connectivity index (χ0v) is 14.2. The van der Waals surface area contributed by atoms with Gasteiger partial charge in [-0.25, -0.2) is 9.97 Å². The molecule has 0 saturated carbocycles. The minimum Gasteiger partial charge on any atom is -0.481 e. The molecule has 2 aromatic carbocycles. The molecule has 2 heterocycles. The SMILES string of the molecule is O=C1NCCCCC1Oc1ccc(Oc2ncnc3ccccc23)cc1. The molecule has 6 heteroatoms. The molecule has 4 rings (SSSR count). The van der Waals surface area contributed by atoms with Crippen molar-refractivity contribution in [2.45, 2.75) is 25.4 Å². The highest BCUT2D eigenvalue weighted by atomic mass is 16.5. The standard InChI is InChI=1S/C20H19N3O3/c24-19-18(7-3-4-12-21-19)25-14-8-10-15(11-9-14)26-20-16-5-1-2-6-17(16)22-13-23-20/h1-2,5-6,8-11,13,18H,3-4,7,12H2,(H,21,24). The molecule has 1 unspecified atom stereocenters. The molecule has 0 radical (unpaired) electrons. The number of carbonyl (C=O) groups is 1. The maximum atomic E-state index is 12.0. The number of benzene rings is 2. The molecular formula is C20H19N3O3. The number of carbonyl (C=O) groups excluding carboxylic acids is 1. The van der Waals surface area contributed by atoms with Gasteiger partial charge in [0.15, 0.2) is 6.10 Å². The number of rotatable bonds is 4. The first-order valence-electron chi connectivity index (χ1n) is 8.72. The second-order valence-corrected chi connectivity index (χ2v) is 6.16. The fourth-order valence-corrected chi connectivity index (χ4v) is 2.95. The van der Waals surface area contributed by atoms with Crippen molar-refractivity contribution in [1.29, 1.82) is 0 Å². The van der Waals surface area contributed by atoms with Gasteiger partial charge in [0.1, 0.15) is 17.8 Å². The Balaban J connectivity index is 1.48. The van der Waals surface area contributed by atoms with Crippen LogP contribution in [0.15, 0.2) is 54.9 Å². The molecule has 1 N–H and O–H groups in total. The number of nitrogens with zero attached hydrogens (tertiary/aromatic N) is 2. The highest BCUT2D eigenvalue weighted by Gasteiger charge is 2.22. The maximum absolute atomic E-state index is 12.0. The molecule has 1 fully saturated rings. The van der Waals surface area contributed by atoms with Crippen molar-refractivity contribution in [3.8, 4) is 17.4 Å². The van der Waals surface area contributed by atoms with E-state index in [1.54, 1.807) is 24.3 Å². The number of amides is 1. The van der Waals surface area contributed by atoms with Crippen LogP contribution in [0.2, 0.25) is 0 Å². The van der Waals surface area contributed by atoms with Gasteiger partial charge in [0.05, 0.1) is 10.9 Å². The molecule has 1 amide bonds. The molecule has 3 aromatic rings. The first-order valence-corrected chi connectivity index (χ1v) is 8.72. The minimum atomic E-state index is -0.435. The number of fused-ring (bicyclic) bond motifs is 1. The summed E-state index contributed by atoms with van der Waals surface area (Å²) in [5.41, 5.74) is 0.830. The second kappa shape index (κ2) is 7.39. The van der Waals surface area contributed by atoms with Gasteiger partial charge in [-0.15, -0.1) is 0 Å². The summed E-state index contributed by atoms with van der Waals surface area (Å²) < 4.78 is 11.7. The molecule has 0 spiro atoms. The van der Waals surface area contributed by atoms with Gasteiger partial charge in [0, 0.05) is 6.54 Å². The Morgan fingerprint density at radius 2 is 1.77 bits per heavy atom. The molecule has 132 valence electrons. The van der Waals surface area contributed by atoms with Crippen molar-refractivity contribution >= 4 is 16.8 Å². The lowest BCUT2D eigenvalue weighted by Crippen LogP contribution is -2.36. The van der Waals surface area contributed by atoms with Gasteiger partial charge >= 0.3 is 0 Å². The lowest BCUT2D eigenvalue weighted by Gasteiger charge is -2.16. The first-order chi connectivity index (χ1) is 12.8. The summed E-state index contributed by atoms with van der Waals surface area (Å²) in [4.78, 5) is 20.4. The third-order valence-corrected chi connectivity index (χ3v) is 4.31. The number of aromatic nitrogens is 2. The van der Waals surface area contributed by atoms with Crippen LogP contribution in [0.3, 0.4) is 0 Å². The van der Waals surface area contributed by atoms with Crippen molar-refractivity contribution in [2.75, 3.05) is 6.54 Å². The number of para-hydroxylation sites is 1. The van der Waals surface area contributed by atoms with Crippen molar-refractivity contribution in [3.63, 3.8) is 0 Å². The van der Waals surface area contributed by atoms with Crippen molar-refractivity contribution < 1.29 is 14.3 Å². The van der Waals surface area contributed by atoms with E-state index in [4.69, 9.17) is 9.47 Å². The lowest BCUT2D eigenvalue weighted by molar-refractivity contribution is -0.127. The maximum Gasteiger partial charge on any atom is 0.261 e. The Morgan fingerprint density at radius 1 is 0.962 bits per heavy atom. The van der Waals surface area contributed by atoms with E-state index in [2.05, 4.69) is 15.3 Å². The monoisotopic (exact) mass is 349 g/mol. The summed E-state index contributed by atoms with van der Waals surface area (Å²) in [6.45, 7) is 0.721. The average molecular weight is 349 g/mol. The smallest absolute Gasteiger partial charge is 0.261 e. The van der Waals surface area contributed by atoms with Gasteiger partial charge in [-0.3, -0.25) is 4.79 Å². The number of hydrogen-bond acceptors (Lipinski definition) is 5. The quantitative estimate of drug-likeness (QED) is 0.781. The van der Waals surface area contributed by atoms with E-state index < -0.39 is 6.10 Å². The van der Waals surface area contributed by atoms with E-state index in [0.29, 0.717) is 17.4 Å². The molecule has 26 heavy (non-hydrogen) atoms. The van der Waals surface area contributed by atoms with E-state index in [1.165, 1.54) is 6.33 Å². The van der Waals surface area contributed by atoms with Crippen molar-refractivity contribution in [2.24, 2.45) is 0 Å². The third-order valence-electron chi connectivity index (χ3n) is 4.31. The highest BCUT2D eigenvalue weighted by Crippen LogP contribution is 2.28. The number of nitrogens with one attached hydrogen (secondary N) is 1. The van der Waals surface area contributed by atoms with Gasteiger partial charge in [-0.05, 0) is 55.7 Å². The van der Waals surface area contributed by atoms with Crippen LogP contribution in [-0.2, 0) is 4.79 Å². The molecule has 0 bridgehead atoms. The topological polar surface area (TPSA) is 73.3 Å². The van der Waals surface area contributed by atoms with Gasteiger partial charge < -0.3 is 14.8 Å². The van der Waals surface area contributed by atoms with Crippen LogP contribution in [0.4, 0.5) is 0 Å². The molecule has 1 saturated heterocycles. The zero-order chi connectivity index (χ0) is 17.8. The fourth-order valence-electron chi connectivity index (χ4n) is 2.95. The average Bonchev–Trinajstić information content (AvgIpc) is 2.88. The Hall–Kier alpha value is -3.15. The van der Waals surface area contributed by atoms with Crippen molar-refractivity contribution in [1.82, 2.24) is 15.3 Å². The molecular weight excluding hydrogens is 330 g/mol. The van der Waals surface area contributed by atoms with Gasteiger partial charge in [-0.1, -0.05) is 12.1 Å². The predicted molar refractivity (Wildman–Crippen MR) is 97.3 cm³/mol. The van der Waals surface area contributed by atoms with Crippen LogP contribution in [0, 0.1) is 0 Å².